The Hall–Kier alpha value is -0.680. The predicted molar refractivity (Wildman–Crippen MR) is 48.3 cm³/mol. The van der Waals surface area contributed by atoms with Crippen LogP contribution in [0.1, 0.15) is 0 Å². The molecule has 5 heteroatoms. The molecule has 0 spiro atoms. The van der Waals surface area contributed by atoms with Crippen molar-refractivity contribution in [3.63, 3.8) is 0 Å². The molecule has 1 aromatic rings. The Labute approximate surface area is 76.2 Å². The van der Waals surface area contributed by atoms with E-state index in [0.29, 0.717) is 0 Å². The second-order valence-electron chi connectivity index (χ2n) is 1.78. The monoisotopic (exact) mass is 232 g/mol. The first kappa shape index (κ1) is 8.42. The number of benzene rings is 1. The molecule has 0 saturated carbocycles. The van der Waals surface area contributed by atoms with Crippen LogP contribution in [-0.4, -0.2) is 4.21 Å². The van der Waals surface area contributed by atoms with E-state index in [-0.39, 0.29) is 11.5 Å². The number of rotatable bonds is 2. The molecule has 11 heavy (non-hydrogen) atoms. The summed E-state index contributed by atoms with van der Waals surface area (Å²) < 4.78 is 14.2. The average molecular weight is 233 g/mol. The number of hydrogen-bond donors (Lipinski definition) is 1. The number of nitrogens with zero attached hydrogens (tertiary/aromatic N) is 1. The molecule has 0 aliphatic rings. The molecular formula is C6H5BrN2OS. The van der Waals surface area contributed by atoms with Crippen molar-refractivity contribution in [3.8, 4) is 0 Å². The minimum absolute atomic E-state index is 0.153. The van der Waals surface area contributed by atoms with Gasteiger partial charge in [-0.1, -0.05) is 20.4 Å². The highest BCUT2D eigenvalue weighted by molar-refractivity contribution is 9.10. The molecule has 0 saturated heterocycles. The molecule has 0 heterocycles. The van der Waals surface area contributed by atoms with E-state index >= 15 is 0 Å². The predicted octanol–water partition coefficient (Wildman–Crippen LogP) is 2.17. The van der Waals surface area contributed by atoms with Crippen LogP contribution in [0.5, 0.6) is 0 Å². The number of halogens is 1. The Morgan fingerprint density at radius 1 is 1.36 bits per heavy atom. The summed E-state index contributed by atoms with van der Waals surface area (Å²) in [5, 5.41) is 0. The highest BCUT2D eigenvalue weighted by Gasteiger charge is 1.87. The molecule has 0 radical (unpaired) electrons. The van der Waals surface area contributed by atoms with Gasteiger partial charge in [-0.15, -0.1) is 0 Å². The van der Waals surface area contributed by atoms with Crippen LogP contribution in [0.2, 0.25) is 0 Å². The topological polar surface area (TPSA) is 41.5 Å². The van der Waals surface area contributed by atoms with Crippen molar-refractivity contribution in [3.05, 3.63) is 28.7 Å². The molecule has 1 rings (SSSR count). The van der Waals surface area contributed by atoms with Crippen molar-refractivity contribution in [1.29, 1.82) is 0 Å². The van der Waals surface area contributed by atoms with Gasteiger partial charge in [-0.2, -0.15) is 4.21 Å². The van der Waals surface area contributed by atoms with Crippen molar-refractivity contribution in [1.82, 2.24) is 0 Å². The smallest absolute Gasteiger partial charge is 0.223 e. The average Bonchev–Trinajstić information content (AvgIpc) is 2.04. The van der Waals surface area contributed by atoms with Crippen LogP contribution in [0.15, 0.2) is 33.2 Å². The molecular weight excluding hydrogens is 228 g/mol. The molecule has 0 fully saturated rings. The van der Waals surface area contributed by atoms with E-state index in [1.807, 2.05) is 24.3 Å². The standard InChI is InChI=1S/C6H5BrN2OS/c7-5-1-3-6(4-2-5)8-9-11-10/h1-4,8H. The minimum Gasteiger partial charge on any atom is -0.265 e. The molecule has 0 aliphatic carbocycles. The second kappa shape index (κ2) is 4.25. The molecule has 0 aliphatic heterocycles. The van der Waals surface area contributed by atoms with Gasteiger partial charge in [0.05, 0.1) is 5.69 Å². The van der Waals surface area contributed by atoms with E-state index < -0.39 is 0 Å². The van der Waals surface area contributed by atoms with Crippen LogP contribution in [-0.2, 0) is 11.5 Å². The zero-order valence-corrected chi connectivity index (χ0v) is 7.85. The fourth-order valence-electron chi connectivity index (χ4n) is 0.596. The summed E-state index contributed by atoms with van der Waals surface area (Å²) >= 11 is 3.44. The van der Waals surface area contributed by atoms with E-state index in [1.54, 1.807) is 0 Å². The number of hydrogen-bond acceptors (Lipinski definition) is 2. The zero-order valence-electron chi connectivity index (χ0n) is 5.45. The van der Waals surface area contributed by atoms with Crippen LogP contribution >= 0.6 is 15.9 Å². The fraction of sp³-hybridized carbons (Fsp3) is 0. The van der Waals surface area contributed by atoms with Crippen LogP contribution < -0.4 is 5.43 Å². The largest absolute Gasteiger partial charge is 0.265 e. The maximum Gasteiger partial charge on any atom is 0.223 e. The van der Waals surface area contributed by atoms with Crippen molar-refractivity contribution in [2.24, 2.45) is 4.47 Å². The van der Waals surface area contributed by atoms with Gasteiger partial charge in [0.1, 0.15) is 0 Å². The fourth-order valence-corrected chi connectivity index (χ4v) is 1.00. The summed E-state index contributed by atoms with van der Waals surface area (Å²) in [6.07, 6.45) is 0. The molecule has 0 atom stereocenters. The SMILES string of the molecule is O=S=NNc1ccc(Br)cc1. The Morgan fingerprint density at radius 2 is 2.00 bits per heavy atom. The normalized spacial score (nSPS) is 8.82. The first-order valence-corrected chi connectivity index (χ1v) is 4.32. The van der Waals surface area contributed by atoms with Crippen LogP contribution in [0.25, 0.3) is 0 Å². The van der Waals surface area contributed by atoms with Gasteiger partial charge < -0.3 is 0 Å². The van der Waals surface area contributed by atoms with Crippen LogP contribution in [0.4, 0.5) is 5.69 Å². The van der Waals surface area contributed by atoms with Crippen LogP contribution in [0.3, 0.4) is 0 Å². The highest BCUT2D eigenvalue weighted by Crippen LogP contribution is 2.13. The van der Waals surface area contributed by atoms with E-state index in [9.17, 15) is 4.21 Å². The molecule has 0 unspecified atom stereocenters. The van der Waals surface area contributed by atoms with Gasteiger partial charge in [0.2, 0.25) is 11.5 Å². The summed E-state index contributed by atoms with van der Waals surface area (Å²) in [6, 6.07) is 7.38. The zero-order chi connectivity index (χ0) is 8.10. The lowest BCUT2D eigenvalue weighted by atomic mass is 10.3. The number of anilines is 1. The minimum atomic E-state index is 0.153. The molecule has 0 bridgehead atoms. The van der Waals surface area contributed by atoms with E-state index in [2.05, 4.69) is 25.8 Å². The van der Waals surface area contributed by atoms with Gasteiger partial charge in [-0.25, -0.2) is 0 Å². The van der Waals surface area contributed by atoms with Crippen molar-refractivity contribution in [2.75, 3.05) is 5.43 Å². The van der Waals surface area contributed by atoms with Crippen molar-refractivity contribution in [2.45, 2.75) is 0 Å². The third-order valence-corrected chi connectivity index (χ3v) is 1.75. The van der Waals surface area contributed by atoms with Gasteiger partial charge in [0.25, 0.3) is 0 Å². The second-order valence-corrected chi connectivity index (χ2v) is 3.03. The molecule has 58 valence electrons. The first-order valence-electron chi connectivity index (χ1n) is 2.83. The van der Waals surface area contributed by atoms with Gasteiger partial charge in [-0.3, -0.25) is 5.43 Å². The van der Waals surface area contributed by atoms with Gasteiger partial charge in [0.15, 0.2) is 0 Å². The Balaban J connectivity index is 2.73. The summed E-state index contributed by atoms with van der Waals surface area (Å²) in [6.45, 7) is 0. The van der Waals surface area contributed by atoms with E-state index in [4.69, 9.17) is 0 Å². The van der Waals surface area contributed by atoms with Crippen LogP contribution in [0, 0.1) is 0 Å². The quantitative estimate of drug-likeness (QED) is 0.795. The third kappa shape index (κ3) is 2.81. The van der Waals surface area contributed by atoms with Gasteiger partial charge >= 0.3 is 0 Å². The van der Waals surface area contributed by atoms with Crippen molar-refractivity contribution < 1.29 is 4.21 Å². The van der Waals surface area contributed by atoms with Gasteiger partial charge in [-0.05, 0) is 24.3 Å². The summed E-state index contributed by atoms with van der Waals surface area (Å²) in [5.41, 5.74) is 3.38. The Kier molecular flexibility index (Phi) is 3.25. The molecule has 0 amide bonds. The molecule has 3 nitrogen and oxygen atoms in total. The summed E-state index contributed by atoms with van der Waals surface area (Å²) in [4.78, 5) is 0. The summed E-state index contributed by atoms with van der Waals surface area (Å²) in [7, 11) is 0. The molecule has 1 aromatic carbocycles. The lowest BCUT2D eigenvalue weighted by molar-refractivity contribution is 0.698. The van der Waals surface area contributed by atoms with Crippen molar-refractivity contribution >= 4 is 33.1 Å². The maximum atomic E-state index is 9.85. The van der Waals surface area contributed by atoms with E-state index in [0.717, 1.165) is 10.2 Å². The number of nitrogens with one attached hydrogen (secondary N) is 1. The molecule has 1 N–H and O–H groups in total. The summed E-state index contributed by atoms with van der Waals surface area (Å²) in [5.74, 6) is 0. The lowest BCUT2D eigenvalue weighted by Crippen LogP contribution is -1.84. The Morgan fingerprint density at radius 3 is 2.55 bits per heavy atom. The molecule has 0 aromatic heterocycles. The van der Waals surface area contributed by atoms with Gasteiger partial charge in [0, 0.05) is 4.47 Å². The maximum absolute atomic E-state index is 9.85. The lowest BCUT2D eigenvalue weighted by Gasteiger charge is -1.95. The highest BCUT2D eigenvalue weighted by atomic mass is 79.9. The first-order chi connectivity index (χ1) is 5.33. The Bertz CT molecular complexity index is 281. The third-order valence-electron chi connectivity index (χ3n) is 1.06. The van der Waals surface area contributed by atoms with E-state index in [1.165, 1.54) is 0 Å².